The van der Waals surface area contributed by atoms with Crippen molar-refractivity contribution in [3.63, 3.8) is 0 Å². The van der Waals surface area contributed by atoms with Crippen LogP contribution in [0.4, 0.5) is 24.8 Å². The third-order valence-electron chi connectivity index (χ3n) is 8.07. The van der Waals surface area contributed by atoms with Gasteiger partial charge >= 0.3 is 12.2 Å². The summed E-state index contributed by atoms with van der Waals surface area (Å²) in [6.45, 7) is 8.27. The average Bonchev–Trinajstić information content (AvgIpc) is 3.25. The first-order valence-corrected chi connectivity index (χ1v) is 13.1. The van der Waals surface area contributed by atoms with E-state index in [4.69, 9.17) is 20.4 Å². The SMILES string of the molecule is Cc1cc(N)nc(C2Cc3nc(OC[C@@H]4CCCN4C)nc(N4CCNCC4)c3CC2C)c1C(F)(F)F. The van der Waals surface area contributed by atoms with E-state index in [2.05, 4.69) is 27.1 Å². The van der Waals surface area contributed by atoms with Crippen LogP contribution in [0.1, 0.15) is 53.8 Å². The highest BCUT2D eigenvalue weighted by atomic mass is 19.4. The summed E-state index contributed by atoms with van der Waals surface area (Å²) in [4.78, 5) is 18.4. The van der Waals surface area contributed by atoms with Gasteiger partial charge in [0.15, 0.2) is 0 Å². The fourth-order valence-corrected chi connectivity index (χ4v) is 6.04. The molecule has 0 saturated carbocycles. The Bertz CT molecular complexity index is 1140. The first-order valence-electron chi connectivity index (χ1n) is 13.1. The second kappa shape index (κ2) is 10.2. The van der Waals surface area contributed by atoms with E-state index < -0.39 is 17.7 Å². The zero-order chi connectivity index (χ0) is 26.3. The van der Waals surface area contributed by atoms with Gasteiger partial charge < -0.3 is 25.6 Å². The van der Waals surface area contributed by atoms with Crippen LogP contribution in [0.15, 0.2) is 6.07 Å². The van der Waals surface area contributed by atoms with Gasteiger partial charge in [0.25, 0.3) is 0 Å². The van der Waals surface area contributed by atoms with E-state index in [0.717, 1.165) is 62.6 Å². The molecule has 2 aromatic rings. The quantitative estimate of drug-likeness (QED) is 0.623. The summed E-state index contributed by atoms with van der Waals surface area (Å²) in [6, 6.07) is 1.90. The first kappa shape index (κ1) is 26.0. The molecule has 3 N–H and O–H groups in total. The molecule has 2 unspecified atom stereocenters. The predicted molar refractivity (Wildman–Crippen MR) is 136 cm³/mol. The molecule has 0 bridgehead atoms. The number of aryl methyl sites for hydroxylation is 1. The van der Waals surface area contributed by atoms with Gasteiger partial charge in [0.2, 0.25) is 0 Å². The van der Waals surface area contributed by atoms with Crippen LogP contribution in [0, 0.1) is 12.8 Å². The molecule has 2 fully saturated rings. The number of nitrogens with two attached hydrogens (primary N) is 1. The molecule has 2 aromatic heterocycles. The molecule has 3 atom stereocenters. The number of hydrogen-bond acceptors (Lipinski definition) is 8. The van der Waals surface area contributed by atoms with Crippen molar-refractivity contribution < 1.29 is 17.9 Å². The number of halogens is 3. The molecule has 4 heterocycles. The average molecular weight is 520 g/mol. The molecule has 5 rings (SSSR count). The number of nitrogens with zero attached hydrogens (tertiary/aromatic N) is 5. The Balaban J connectivity index is 1.52. The van der Waals surface area contributed by atoms with Crippen molar-refractivity contribution >= 4 is 11.6 Å². The zero-order valence-electron chi connectivity index (χ0n) is 21.7. The fourth-order valence-electron chi connectivity index (χ4n) is 6.04. The molecule has 1 aliphatic carbocycles. The monoisotopic (exact) mass is 519 g/mol. The molecule has 3 aliphatic rings. The van der Waals surface area contributed by atoms with Crippen molar-refractivity contribution in [3.8, 4) is 6.01 Å². The van der Waals surface area contributed by atoms with Crippen molar-refractivity contribution in [1.29, 1.82) is 0 Å². The lowest BCUT2D eigenvalue weighted by Gasteiger charge is -2.36. The number of ether oxygens (including phenoxy) is 1. The smallest absolute Gasteiger partial charge is 0.418 e. The van der Waals surface area contributed by atoms with Crippen molar-refractivity contribution in [2.45, 2.75) is 57.7 Å². The molecule has 8 nitrogen and oxygen atoms in total. The number of nitrogens with one attached hydrogen (secondary N) is 1. The van der Waals surface area contributed by atoms with Crippen LogP contribution in [0.25, 0.3) is 0 Å². The molecule has 2 aliphatic heterocycles. The second-order valence-electron chi connectivity index (χ2n) is 10.7. The lowest BCUT2D eigenvalue weighted by molar-refractivity contribution is -0.139. The topological polar surface area (TPSA) is 92.4 Å². The molecule has 0 amide bonds. The number of pyridine rings is 1. The highest BCUT2D eigenvalue weighted by Gasteiger charge is 2.42. The number of likely N-dealkylation sites (N-methyl/N-ethyl adjacent to an activating group) is 1. The molecule has 0 aromatic carbocycles. The van der Waals surface area contributed by atoms with Crippen LogP contribution in [0.5, 0.6) is 6.01 Å². The number of aromatic nitrogens is 3. The number of alkyl halides is 3. The van der Waals surface area contributed by atoms with Crippen molar-refractivity contribution in [2.75, 3.05) is 57.0 Å². The van der Waals surface area contributed by atoms with Gasteiger partial charge in [-0.15, -0.1) is 0 Å². The largest absolute Gasteiger partial charge is 0.462 e. The molecular weight excluding hydrogens is 483 g/mol. The van der Waals surface area contributed by atoms with E-state index in [9.17, 15) is 13.2 Å². The normalized spacial score (nSPS) is 24.8. The zero-order valence-corrected chi connectivity index (χ0v) is 21.7. The maximum absolute atomic E-state index is 14.1. The number of nitrogen functional groups attached to an aromatic ring is 1. The maximum atomic E-state index is 14.1. The molecule has 2 saturated heterocycles. The minimum atomic E-state index is -4.51. The van der Waals surface area contributed by atoms with E-state index in [1.807, 2.05) is 6.92 Å². The number of hydrogen-bond donors (Lipinski definition) is 2. The summed E-state index contributed by atoms with van der Waals surface area (Å²) in [5.74, 6) is 0.393. The number of anilines is 2. The number of fused-ring (bicyclic) bond motifs is 1. The highest BCUT2D eigenvalue weighted by Crippen LogP contribution is 2.44. The van der Waals surface area contributed by atoms with Gasteiger partial charge in [-0.2, -0.15) is 23.1 Å². The van der Waals surface area contributed by atoms with Gasteiger partial charge in [0.1, 0.15) is 18.2 Å². The second-order valence-corrected chi connectivity index (χ2v) is 10.7. The first-order chi connectivity index (χ1) is 17.6. The molecule has 11 heteroatoms. The minimum Gasteiger partial charge on any atom is -0.462 e. The molecule has 0 radical (unpaired) electrons. The summed E-state index contributed by atoms with van der Waals surface area (Å²) < 4.78 is 48.5. The highest BCUT2D eigenvalue weighted by molar-refractivity contribution is 5.53. The summed E-state index contributed by atoms with van der Waals surface area (Å²) >= 11 is 0. The lowest BCUT2D eigenvalue weighted by Crippen LogP contribution is -2.45. The van der Waals surface area contributed by atoms with Gasteiger partial charge in [-0.3, -0.25) is 0 Å². The van der Waals surface area contributed by atoms with E-state index in [0.29, 0.717) is 31.5 Å². The predicted octanol–water partition coefficient (Wildman–Crippen LogP) is 3.18. The lowest BCUT2D eigenvalue weighted by atomic mass is 9.75. The van der Waals surface area contributed by atoms with Crippen LogP contribution in [-0.4, -0.2) is 72.3 Å². The van der Waals surface area contributed by atoms with Crippen LogP contribution in [0.3, 0.4) is 0 Å². The maximum Gasteiger partial charge on any atom is 0.418 e. The molecule has 202 valence electrons. The van der Waals surface area contributed by atoms with Gasteiger partial charge in [-0.1, -0.05) is 6.92 Å². The Hall–Kier alpha value is -2.66. The Morgan fingerprint density at radius 2 is 1.89 bits per heavy atom. The Morgan fingerprint density at radius 1 is 1.14 bits per heavy atom. The van der Waals surface area contributed by atoms with Gasteiger partial charge in [-0.25, -0.2) is 4.98 Å². The Labute approximate surface area is 215 Å². The Morgan fingerprint density at radius 3 is 2.57 bits per heavy atom. The third kappa shape index (κ3) is 5.34. The molecular formula is C26H36F3N7O. The van der Waals surface area contributed by atoms with Crippen molar-refractivity contribution in [2.24, 2.45) is 5.92 Å². The van der Waals surface area contributed by atoms with Crippen LogP contribution < -0.4 is 20.7 Å². The van der Waals surface area contributed by atoms with Crippen molar-refractivity contribution in [1.82, 2.24) is 25.2 Å². The Kier molecular flexibility index (Phi) is 7.19. The van der Waals surface area contributed by atoms with Gasteiger partial charge in [-0.05, 0) is 63.7 Å². The number of likely N-dealkylation sites (tertiary alicyclic amines) is 1. The van der Waals surface area contributed by atoms with E-state index in [-0.39, 0.29) is 23.0 Å². The summed E-state index contributed by atoms with van der Waals surface area (Å²) in [5.41, 5.74) is 7.12. The number of piperazine rings is 1. The van der Waals surface area contributed by atoms with Gasteiger partial charge in [0.05, 0.1) is 17.0 Å². The summed E-state index contributed by atoms with van der Waals surface area (Å²) in [6.07, 6.45) is -1.42. The van der Waals surface area contributed by atoms with E-state index >= 15 is 0 Å². The van der Waals surface area contributed by atoms with E-state index in [1.54, 1.807) is 0 Å². The number of rotatable bonds is 5. The summed E-state index contributed by atoms with van der Waals surface area (Å²) in [5, 5.41) is 3.37. The third-order valence-corrected chi connectivity index (χ3v) is 8.07. The minimum absolute atomic E-state index is 0.0144. The fraction of sp³-hybridized carbons (Fsp3) is 0.654. The standard InChI is InChI=1S/C26H36F3N7O/c1-15-11-19-20(13-18(15)23-22(26(27,28)29)16(2)12-21(30)33-23)32-25(37-14-17-5-4-8-35(17)3)34-24(19)36-9-6-31-7-10-36/h12,15,17-18,31H,4-11,13-14H2,1-3H3,(H2,30,33)/t15?,17-,18?/m0/s1. The van der Waals surface area contributed by atoms with E-state index in [1.165, 1.54) is 13.0 Å². The molecule has 37 heavy (non-hydrogen) atoms. The van der Waals surface area contributed by atoms with Crippen LogP contribution in [0.2, 0.25) is 0 Å². The van der Waals surface area contributed by atoms with Gasteiger partial charge in [0, 0.05) is 43.7 Å². The van der Waals surface area contributed by atoms with Crippen LogP contribution >= 0.6 is 0 Å². The van der Waals surface area contributed by atoms with Crippen molar-refractivity contribution in [3.05, 3.63) is 34.1 Å². The van der Waals surface area contributed by atoms with Crippen LogP contribution in [-0.2, 0) is 19.0 Å². The summed E-state index contributed by atoms with van der Waals surface area (Å²) in [7, 11) is 2.09. The molecule has 0 spiro atoms.